The summed E-state index contributed by atoms with van der Waals surface area (Å²) in [6.45, 7) is 9.90. The minimum atomic E-state index is -0.586. The maximum atomic E-state index is 12.4. The van der Waals surface area contributed by atoms with Gasteiger partial charge in [-0.05, 0) is 40.2 Å². The van der Waals surface area contributed by atoms with E-state index in [1.807, 2.05) is 51.1 Å². The van der Waals surface area contributed by atoms with Crippen molar-refractivity contribution in [2.75, 3.05) is 18.4 Å². The van der Waals surface area contributed by atoms with Crippen LogP contribution in [0.3, 0.4) is 0 Å². The summed E-state index contributed by atoms with van der Waals surface area (Å²) in [5, 5.41) is 6.70. The molecule has 2 amide bonds. The molecule has 3 rings (SSSR count). The molecule has 1 aromatic heterocycles. The van der Waals surface area contributed by atoms with Crippen LogP contribution in [-0.2, 0) is 9.47 Å². The molecule has 29 heavy (non-hydrogen) atoms. The van der Waals surface area contributed by atoms with Gasteiger partial charge in [-0.25, -0.2) is 9.59 Å². The zero-order chi connectivity index (χ0) is 21.2. The number of aromatic nitrogens is 1. The molecule has 1 N–H and O–H groups in total. The van der Waals surface area contributed by atoms with Crippen molar-refractivity contribution in [3.63, 3.8) is 0 Å². The van der Waals surface area contributed by atoms with Gasteiger partial charge in [-0.2, -0.15) is 0 Å². The lowest BCUT2D eigenvalue weighted by atomic mass is 9.96. The van der Waals surface area contributed by atoms with Crippen LogP contribution >= 0.6 is 0 Å². The first-order chi connectivity index (χ1) is 13.6. The number of hydrogen-bond donors (Lipinski definition) is 1. The highest BCUT2D eigenvalue weighted by Gasteiger charge is 2.39. The van der Waals surface area contributed by atoms with Crippen molar-refractivity contribution in [2.24, 2.45) is 0 Å². The molecule has 8 heteroatoms. The molecule has 156 valence electrons. The van der Waals surface area contributed by atoms with E-state index in [-0.39, 0.29) is 12.0 Å². The molecule has 1 saturated heterocycles. The average molecular weight is 401 g/mol. The normalized spacial score (nSPS) is 15.4. The SMILES string of the molecule is Cc1noc(C2CN(C(=O)OC(C)(C)C)C2)c1NC(=O)O[C@H](C)c1ccccc1. The van der Waals surface area contributed by atoms with E-state index < -0.39 is 17.8 Å². The van der Waals surface area contributed by atoms with Crippen molar-refractivity contribution < 1.29 is 23.6 Å². The van der Waals surface area contributed by atoms with E-state index in [0.29, 0.717) is 30.2 Å². The molecule has 8 nitrogen and oxygen atoms in total. The van der Waals surface area contributed by atoms with Gasteiger partial charge in [0.15, 0.2) is 5.76 Å². The Bertz CT molecular complexity index is 866. The van der Waals surface area contributed by atoms with Gasteiger partial charge < -0.3 is 18.9 Å². The van der Waals surface area contributed by atoms with Gasteiger partial charge in [-0.15, -0.1) is 0 Å². The zero-order valence-electron chi connectivity index (χ0n) is 17.4. The molecule has 1 aliphatic heterocycles. The summed E-state index contributed by atoms with van der Waals surface area (Å²) in [5.41, 5.74) is 1.40. The van der Waals surface area contributed by atoms with Gasteiger partial charge in [0.1, 0.15) is 23.1 Å². The minimum absolute atomic E-state index is 0.0643. The lowest BCUT2D eigenvalue weighted by Crippen LogP contribution is -2.50. The summed E-state index contributed by atoms with van der Waals surface area (Å²) in [4.78, 5) is 26.1. The minimum Gasteiger partial charge on any atom is -0.444 e. The van der Waals surface area contributed by atoms with Crippen LogP contribution in [0.25, 0.3) is 0 Å². The monoisotopic (exact) mass is 401 g/mol. The van der Waals surface area contributed by atoms with Crippen molar-refractivity contribution in [3.8, 4) is 0 Å². The van der Waals surface area contributed by atoms with E-state index in [4.69, 9.17) is 14.0 Å². The number of ether oxygens (including phenoxy) is 2. The van der Waals surface area contributed by atoms with Gasteiger partial charge in [0.25, 0.3) is 0 Å². The summed E-state index contributed by atoms with van der Waals surface area (Å²) >= 11 is 0. The standard InChI is InChI=1S/C21H27N3O5/c1-13-17(22-19(25)27-14(2)15-9-7-6-8-10-15)18(29-23-13)16-11-24(12-16)20(26)28-21(3,4)5/h6-10,14,16H,11-12H2,1-5H3,(H,22,25)/t14-/m1/s1. The number of hydrogen-bond acceptors (Lipinski definition) is 6. The summed E-state index contributed by atoms with van der Waals surface area (Å²) in [7, 11) is 0. The Labute approximate surface area is 170 Å². The third-order valence-corrected chi connectivity index (χ3v) is 4.57. The van der Waals surface area contributed by atoms with Gasteiger partial charge >= 0.3 is 12.2 Å². The third kappa shape index (κ3) is 5.07. The van der Waals surface area contributed by atoms with Crippen molar-refractivity contribution in [1.82, 2.24) is 10.1 Å². The number of rotatable bonds is 4. The third-order valence-electron chi connectivity index (χ3n) is 4.57. The van der Waals surface area contributed by atoms with Gasteiger partial charge in [0, 0.05) is 13.1 Å². The van der Waals surface area contributed by atoms with Gasteiger partial charge in [-0.3, -0.25) is 5.32 Å². The number of anilines is 1. The highest BCUT2D eigenvalue weighted by atomic mass is 16.6. The number of nitrogens with zero attached hydrogens (tertiary/aromatic N) is 2. The quantitative estimate of drug-likeness (QED) is 0.803. The molecular formula is C21H27N3O5. The Morgan fingerprint density at radius 1 is 1.24 bits per heavy atom. The number of nitrogens with one attached hydrogen (secondary N) is 1. The molecule has 1 aliphatic rings. The highest BCUT2D eigenvalue weighted by Crippen LogP contribution is 2.35. The lowest BCUT2D eigenvalue weighted by Gasteiger charge is -2.38. The summed E-state index contributed by atoms with van der Waals surface area (Å²) in [5.74, 6) is 0.470. The molecule has 0 bridgehead atoms. The maximum Gasteiger partial charge on any atom is 0.412 e. The number of likely N-dealkylation sites (tertiary alicyclic amines) is 1. The first-order valence-corrected chi connectivity index (χ1v) is 9.60. The Hall–Kier alpha value is -3.03. The second kappa shape index (κ2) is 8.14. The van der Waals surface area contributed by atoms with Gasteiger partial charge in [0.05, 0.1) is 5.92 Å². The van der Waals surface area contributed by atoms with Crippen LogP contribution in [0, 0.1) is 6.92 Å². The Kier molecular flexibility index (Phi) is 5.81. The first-order valence-electron chi connectivity index (χ1n) is 9.60. The van der Waals surface area contributed by atoms with Crippen LogP contribution in [0.4, 0.5) is 15.3 Å². The van der Waals surface area contributed by atoms with E-state index >= 15 is 0 Å². The van der Waals surface area contributed by atoms with Crippen LogP contribution < -0.4 is 5.32 Å². The predicted octanol–water partition coefficient (Wildman–Crippen LogP) is 4.63. The maximum absolute atomic E-state index is 12.4. The molecule has 0 radical (unpaired) electrons. The van der Waals surface area contributed by atoms with Crippen LogP contribution in [-0.4, -0.2) is 40.9 Å². The molecule has 2 heterocycles. The Balaban J connectivity index is 1.59. The average Bonchev–Trinajstić information content (AvgIpc) is 2.93. The van der Waals surface area contributed by atoms with Crippen LogP contribution in [0.1, 0.15) is 56.7 Å². The summed E-state index contributed by atoms with van der Waals surface area (Å²) < 4.78 is 16.2. The smallest absolute Gasteiger partial charge is 0.412 e. The number of aryl methyl sites for hydroxylation is 1. The first kappa shape index (κ1) is 20.7. The second-order valence-electron chi connectivity index (χ2n) is 8.17. The topological polar surface area (TPSA) is 93.9 Å². The molecule has 2 aromatic rings. The number of carbonyl (C=O) groups is 2. The largest absolute Gasteiger partial charge is 0.444 e. The molecule has 1 atom stereocenters. The second-order valence-corrected chi connectivity index (χ2v) is 8.17. The molecular weight excluding hydrogens is 374 g/mol. The van der Waals surface area contributed by atoms with E-state index in [1.165, 1.54) is 0 Å². The van der Waals surface area contributed by atoms with Gasteiger partial charge in [-0.1, -0.05) is 35.5 Å². The molecule has 0 saturated carbocycles. The Morgan fingerprint density at radius 2 is 1.90 bits per heavy atom. The van der Waals surface area contributed by atoms with Gasteiger partial charge in [0.2, 0.25) is 0 Å². The fourth-order valence-corrected chi connectivity index (χ4v) is 3.02. The van der Waals surface area contributed by atoms with E-state index in [2.05, 4.69) is 10.5 Å². The van der Waals surface area contributed by atoms with E-state index in [0.717, 1.165) is 5.56 Å². The number of carbonyl (C=O) groups excluding carboxylic acids is 2. The van der Waals surface area contributed by atoms with Crippen molar-refractivity contribution in [2.45, 2.75) is 52.2 Å². The summed E-state index contributed by atoms with van der Waals surface area (Å²) in [6.07, 6.45) is -1.35. The fraction of sp³-hybridized carbons (Fsp3) is 0.476. The number of amides is 2. The predicted molar refractivity (Wildman–Crippen MR) is 107 cm³/mol. The molecule has 1 fully saturated rings. The fourth-order valence-electron chi connectivity index (χ4n) is 3.02. The lowest BCUT2D eigenvalue weighted by molar-refractivity contribution is 0.00608. The summed E-state index contributed by atoms with van der Waals surface area (Å²) in [6, 6.07) is 9.48. The molecule has 1 aromatic carbocycles. The zero-order valence-corrected chi connectivity index (χ0v) is 17.4. The number of benzene rings is 1. The highest BCUT2D eigenvalue weighted by molar-refractivity contribution is 5.86. The van der Waals surface area contributed by atoms with Crippen LogP contribution in [0.2, 0.25) is 0 Å². The molecule has 0 unspecified atom stereocenters. The van der Waals surface area contributed by atoms with Crippen molar-refractivity contribution >= 4 is 17.9 Å². The van der Waals surface area contributed by atoms with E-state index in [9.17, 15) is 9.59 Å². The van der Waals surface area contributed by atoms with Crippen LogP contribution in [0.5, 0.6) is 0 Å². The van der Waals surface area contributed by atoms with E-state index in [1.54, 1.807) is 18.7 Å². The van der Waals surface area contributed by atoms with Crippen LogP contribution in [0.15, 0.2) is 34.9 Å². The Morgan fingerprint density at radius 3 is 2.52 bits per heavy atom. The molecule has 0 spiro atoms. The van der Waals surface area contributed by atoms with Crippen molar-refractivity contribution in [1.29, 1.82) is 0 Å². The molecule has 0 aliphatic carbocycles. The van der Waals surface area contributed by atoms with Crippen molar-refractivity contribution in [3.05, 3.63) is 47.3 Å².